The Kier molecular flexibility index (Phi) is 5.05. The summed E-state index contributed by atoms with van der Waals surface area (Å²) in [5.74, 6) is -8.73. The van der Waals surface area contributed by atoms with E-state index >= 15 is 0 Å². The summed E-state index contributed by atoms with van der Waals surface area (Å²) in [6.07, 6.45) is -5.88. The van der Waals surface area contributed by atoms with Crippen molar-refractivity contribution >= 4 is 11.5 Å². The molecule has 1 N–H and O–H groups in total. The average Bonchev–Trinajstić information content (AvgIpc) is 2.52. The summed E-state index contributed by atoms with van der Waals surface area (Å²) >= 11 is 0. The summed E-state index contributed by atoms with van der Waals surface area (Å²) in [4.78, 5) is 15.8. The van der Waals surface area contributed by atoms with Crippen LogP contribution in [-0.4, -0.2) is 28.7 Å². The molecular weight excluding hydrogens is 333 g/mol. The van der Waals surface area contributed by atoms with E-state index in [2.05, 4.69) is 4.99 Å². The second-order valence-corrected chi connectivity index (χ2v) is 5.32. The molecule has 0 atom stereocenters. The van der Waals surface area contributed by atoms with Gasteiger partial charge in [0.05, 0.1) is 12.1 Å². The van der Waals surface area contributed by atoms with Crippen molar-refractivity contribution in [3.8, 4) is 0 Å². The van der Waals surface area contributed by atoms with Crippen LogP contribution in [0.15, 0.2) is 46.7 Å². The molecule has 1 aliphatic carbocycles. The molecule has 3 nitrogen and oxygen atoms in total. The van der Waals surface area contributed by atoms with Crippen molar-refractivity contribution in [2.75, 3.05) is 0 Å². The molecule has 24 heavy (non-hydrogen) atoms. The van der Waals surface area contributed by atoms with Gasteiger partial charge in [0, 0.05) is 12.1 Å². The lowest BCUT2D eigenvalue weighted by atomic mass is 9.89. The molecule has 2 rings (SSSR count). The topological polar surface area (TPSA) is 49.7 Å². The van der Waals surface area contributed by atoms with Gasteiger partial charge in [-0.25, -0.2) is 0 Å². The van der Waals surface area contributed by atoms with Crippen molar-refractivity contribution in [2.24, 2.45) is 4.99 Å². The first kappa shape index (κ1) is 18.1. The number of aliphatic imine (C=N–C) groups is 1. The summed E-state index contributed by atoms with van der Waals surface area (Å²) in [6.45, 7) is 0.0117. The molecule has 0 aliphatic heterocycles. The van der Waals surface area contributed by atoms with Gasteiger partial charge in [0.15, 0.2) is 11.5 Å². The van der Waals surface area contributed by atoms with Crippen molar-refractivity contribution in [1.29, 1.82) is 0 Å². The fourth-order valence-electron chi connectivity index (χ4n) is 2.32. The highest BCUT2D eigenvalue weighted by Gasteiger charge is 2.62. The van der Waals surface area contributed by atoms with Crippen LogP contribution < -0.4 is 0 Å². The Morgan fingerprint density at radius 3 is 2.29 bits per heavy atom. The number of allylic oxidation sites excluding steroid dienone is 2. The van der Waals surface area contributed by atoms with Crippen LogP contribution in [0.2, 0.25) is 0 Å². The molecule has 0 saturated heterocycles. The van der Waals surface area contributed by atoms with E-state index in [-0.39, 0.29) is 31.5 Å². The summed E-state index contributed by atoms with van der Waals surface area (Å²) in [5.41, 5.74) is -0.541. The van der Waals surface area contributed by atoms with Gasteiger partial charge in [-0.2, -0.15) is 22.0 Å². The SMILES string of the molecule is O=C1CCCC(=NCc2ccccc2)/C1=C(\O)C(F)(F)C(F)(F)F. The Bertz CT molecular complexity index is 677. The van der Waals surface area contributed by atoms with Gasteiger partial charge in [-0.05, 0) is 18.4 Å². The van der Waals surface area contributed by atoms with Crippen molar-refractivity contribution in [3.63, 3.8) is 0 Å². The lowest BCUT2D eigenvalue weighted by Crippen LogP contribution is -2.41. The number of alkyl halides is 5. The minimum Gasteiger partial charge on any atom is -0.505 e. The van der Waals surface area contributed by atoms with Crippen molar-refractivity contribution in [3.05, 3.63) is 47.2 Å². The third-order valence-corrected chi connectivity index (χ3v) is 3.57. The van der Waals surface area contributed by atoms with Gasteiger partial charge in [0.2, 0.25) is 0 Å². The summed E-state index contributed by atoms with van der Waals surface area (Å²) < 4.78 is 64.1. The van der Waals surface area contributed by atoms with Crippen molar-refractivity contribution in [2.45, 2.75) is 37.9 Å². The first-order valence-electron chi connectivity index (χ1n) is 7.13. The number of rotatable bonds is 3. The van der Waals surface area contributed by atoms with Crippen LogP contribution in [0.3, 0.4) is 0 Å². The summed E-state index contributed by atoms with van der Waals surface area (Å²) in [5, 5.41) is 9.48. The Hall–Kier alpha value is -2.25. The second-order valence-electron chi connectivity index (χ2n) is 5.32. The monoisotopic (exact) mass is 347 g/mol. The quantitative estimate of drug-likeness (QED) is 0.501. The molecule has 0 spiro atoms. The molecule has 1 saturated carbocycles. The third kappa shape index (κ3) is 3.63. The highest BCUT2D eigenvalue weighted by atomic mass is 19.4. The number of hydrogen-bond donors (Lipinski definition) is 1. The number of aliphatic hydroxyl groups is 1. The Morgan fingerprint density at radius 1 is 1.08 bits per heavy atom. The van der Waals surface area contributed by atoms with E-state index in [1.54, 1.807) is 30.3 Å². The zero-order chi connectivity index (χ0) is 18.0. The van der Waals surface area contributed by atoms with Gasteiger partial charge >= 0.3 is 12.1 Å². The molecule has 0 bridgehead atoms. The maximum absolute atomic E-state index is 13.4. The minimum absolute atomic E-state index is 0.0117. The standard InChI is InChI=1S/C16H14F5NO2/c17-15(18,16(19,20)21)14(24)13-11(7-4-8-12(13)23)22-9-10-5-2-1-3-6-10/h1-3,5-6,24H,4,7-9H2/b14-13+,22-11?. The average molecular weight is 347 g/mol. The normalized spacial score (nSPS) is 20.4. The highest BCUT2D eigenvalue weighted by Crippen LogP contribution is 2.42. The first-order chi connectivity index (χ1) is 11.1. The van der Waals surface area contributed by atoms with Gasteiger partial charge < -0.3 is 5.11 Å². The number of ketones is 1. The smallest absolute Gasteiger partial charge is 0.461 e. The summed E-state index contributed by atoms with van der Waals surface area (Å²) in [7, 11) is 0. The van der Waals surface area contributed by atoms with E-state index < -0.39 is 29.2 Å². The van der Waals surface area contributed by atoms with Crippen LogP contribution in [0.4, 0.5) is 22.0 Å². The number of aliphatic hydroxyl groups excluding tert-OH is 1. The fourth-order valence-corrected chi connectivity index (χ4v) is 2.32. The Labute approximate surface area is 134 Å². The molecule has 1 aromatic carbocycles. The van der Waals surface area contributed by atoms with Crippen LogP contribution in [-0.2, 0) is 11.3 Å². The third-order valence-electron chi connectivity index (χ3n) is 3.57. The van der Waals surface area contributed by atoms with E-state index in [4.69, 9.17) is 0 Å². The molecular formula is C16H14F5NO2. The predicted molar refractivity (Wildman–Crippen MR) is 77.1 cm³/mol. The molecule has 130 valence electrons. The molecule has 0 amide bonds. The van der Waals surface area contributed by atoms with Crippen molar-refractivity contribution < 1.29 is 31.9 Å². The Balaban J connectivity index is 2.42. The van der Waals surface area contributed by atoms with Gasteiger partial charge in [-0.15, -0.1) is 0 Å². The molecule has 0 unspecified atom stereocenters. The van der Waals surface area contributed by atoms with Crippen LogP contribution >= 0.6 is 0 Å². The zero-order valence-corrected chi connectivity index (χ0v) is 12.4. The number of carbonyl (C=O) groups is 1. The van der Waals surface area contributed by atoms with Gasteiger partial charge in [-0.3, -0.25) is 9.79 Å². The number of Topliss-reactive ketones (excluding diaryl/α,β-unsaturated/α-hetero) is 1. The van der Waals surface area contributed by atoms with Crippen LogP contribution in [0.5, 0.6) is 0 Å². The fraction of sp³-hybridized carbons (Fsp3) is 0.375. The highest BCUT2D eigenvalue weighted by molar-refractivity contribution is 6.24. The van der Waals surface area contributed by atoms with Crippen LogP contribution in [0.1, 0.15) is 24.8 Å². The largest absolute Gasteiger partial charge is 0.505 e. The first-order valence-corrected chi connectivity index (χ1v) is 7.13. The number of carbonyl (C=O) groups excluding carboxylic acids is 1. The number of hydrogen-bond acceptors (Lipinski definition) is 3. The number of benzene rings is 1. The summed E-state index contributed by atoms with van der Waals surface area (Å²) in [6, 6.07) is 8.58. The predicted octanol–water partition coefficient (Wildman–Crippen LogP) is 4.39. The lowest BCUT2D eigenvalue weighted by molar-refractivity contribution is -0.274. The van der Waals surface area contributed by atoms with Crippen LogP contribution in [0, 0.1) is 0 Å². The maximum Gasteiger partial charge on any atom is 0.461 e. The van der Waals surface area contributed by atoms with Gasteiger partial charge in [-0.1, -0.05) is 30.3 Å². The van der Waals surface area contributed by atoms with E-state index in [9.17, 15) is 31.9 Å². The van der Waals surface area contributed by atoms with E-state index in [0.29, 0.717) is 5.56 Å². The molecule has 1 fully saturated rings. The molecule has 8 heteroatoms. The van der Waals surface area contributed by atoms with Crippen LogP contribution in [0.25, 0.3) is 0 Å². The van der Waals surface area contributed by atoms with E-state index in [0.717, 1.165) is 0 Å². The van der Waals surface area contributed by atoms with Crippen molar-refractivity contribution in [1.82, 2.24) is 0 Å². The zero-order valence-electron chi connectivity index (χ0n) is 12.4. The minimum atomic E-state index is -5.99. The number of nitrogens with zero attached hydrogens (tertiary/aromatic N) is 1. The lowest BCUT2D eigenvalue weighted by Gasteiger charge is -2.23. The molecule has 1 aliphatic rings. The van der Waals surface area contributed by atoms with E-state index in [1.807, 2.05) is 0 Å². The Morgan fingerprint density at radius 2 is 1.71 bits per heavy atom. The molecule has 0 radical (unpaired) electrons. The molecule has 1 aromatic rings. The maximum atomic E-state index is 13.4. The molecule has 0 aromatic heterocycles. The van der Waals surface area contributed by atoms with E-state index in [1.165, 1.54) is 0 Å². The van der Waals surface area contributed by atoms with Gasteiger partial charge in [0.1, 0.15) is 0 Å². The molecule has 0 heterocycles. The number of halogens is 5. The van der Waals surface area contributed by atoms with Gasteiger partial charge in [0.25, 0.3) is 0 Å². The second kappa shape index (κ2) is 6.70.